The predicted octanol–water partition coefficient (Wildman–Crippen LogP) is 2.03. The summed E-state index contributed by atoms with van der Waals surface area (Å²) in [4.78, 5) is 22.2. The summed E-state index contributed by atoms with van der Waals surface area (Å²) in [6, 6.07) is -0.795. The number of esters is 1. The zero-order chi connectivity index (χ0) is 15.6. The zero-order valence-electron chi connectivity index (χ0n) is 10.6. The number of alkyl halides is 5. The molecule has 1 fully saturated rings. The molecule has 0 radical (unpaired) electrons. The van der Waals surface area contributed by atoms with E-state index in [1.807, 2.05) is 0 Å². The van der Waals surface area contributed by atoms with Crippen LogP contribution in [0.2, 0.25) is 0 Å². The van der Waals surface area contributed by atoms with Gasteiger partial charge in [-0.05, 0) is 25.7 Å². The van der Waals surface area contributed by atoms with E-state index in [0.29, 0.717) is 0 Å². The van der Waals surface area contributed by atoms with Crippen LogP contribution < -0.4 is 5.32 Å². The number of methoxy groups -OCH3 is 1. The van der Waals surface area contributed by atoms with E-state index in [1.165, 1.54) is 7.11 Å². The van der Waals surface area contributed by atoms with Crippen molar-refractivity contribution in [2.45, 2.75) is 43.8 Å². The normalized spacial score (nSPS) is 24.1. The summed E-state index contributed by atoms with van der Waals surface area (Å²) in [5.41, 5.74) is 0. The van der Waals surface area contributed by atoms with E-state index in [-0.39, 0.29) is 25.7 Å². The van der Waals surface area contributed by atoms with Crippen LogP contribution in [0, 0.1) is 5.92 Å². The van der Waals surface area contributed by atoms with Gasteiger partial charge >= 0.3 is 24.0 Å². The highest BCUT2D eigenvalue weighted by molar-refractivity contribution is 5.84. The smallest absolute Gasteiger partial charge is 0.463 e. The Bertz CT molecular complexity index is 375. The predicted molar refractivity (Wildman–Crippen MR) is 56.9 cm³/mol. The lowest BCUT2D eigenvalue weighted by molar-refractivity contribution is -0.270. The fraction of sp³-hybridized carbons (Fsp3) is 0.818. The number of hydrogen-bond acceptors (Lipinski definition) is 3. The lowest BCUT2D eigenvalue weighted by Gasteiger charge is -2.29. The number of rotatable bonds is 3. The summed E-state index contributed by atoms with van der Waals surface area (Å²) >= 11 is 0. The first kappa shape index (κ1) is 16.6. The van der Waals surface area contributed by atoms with Crippen LogP contribution in [0.3, 0.4) is 0 Å². The lowest BCUT2D eigenvalue weighted by atomic mass is 9.86. The first-order valence-corrected chi connectivity index (χ1v) is 5.93. The fourth-order valence-electron chi connectivity index (χ4n) is 2.04. The van der Waals surface area contributed by atoms with Crippen LogP contribution in [0.5, 0.6) is 0 Å². The van der Waals surface area contributed by atoms with E-state index in [9.17, 15) is 31.5 Å². The maximum atomic E-state index is 12.7. The summed E-state index contributed by atoms with van der Waals surface area (Å²) < 4.78 is 65.9. The maximum absolute atomic E-state index is 12.7. The van der Waals surface area contributed by atoms with Gasteiger partial charge in [0.25, 0.3) is 0 Å². The number of hydrogen-bond donors (Lipinski definition) is 1. The van der Waals surface area contributed by atoms with Crippen molar-refractivity contribution in [3.05, 3.63) is 0 Å². The van der Waals surface area contributed by atoms with Crippen LogP contribution in [-0.4, -0.2) is 37.1 Å². The molecule has 0 unspecified atom stereocenters. The Balaban J connectivity index is 2.52. The second kappa shape index (κ2) is 5.92. The second-order valence-electron chi connectivity index (χ2n) is 4.62. The monoisotopic (exact) mass is 303 g/mol. The Hall–Kier alpha value is -1.41. The van der Waals surface area contributed by atoms with Crippen molar-refractivity contribution < 1.29 is 36.3 Å². The minimum Gasteiger partial charge on any atom is -0.469 e. The number of carbonyl (C=O) groups is 2. The Kier molecular flexibility index (Phi) is 4.93. The number of ether oxygens (including phenoxy) is 1. The Morgan fingerprint density at radius 2 is 1.55 bits per heavy atom. The molecule has 0 aromatic carbocycles. The van der Waals surface area contributed by atoms with E-state index < -0.39 is 35.9 Å². The van der Waals surface area contributed by atoms with Crippen molar-refractivity contribution in [1.82, 2.24) is 5.32 Å². The fourth-order valence-corrected chi connectivity index (χ4v) is 2.04. The maximum Gasteiger partial charge on any atom is 0.463 e. The van der Waals surface area contributed by atoms with E-state index in [0.717, 1.165) is 0 Å². The molecule has 0 atom stereocenters. The van der Waals surface area contributed by atoms with Crippen molar-refractivity contribution in [3.8, 4) is 0 Å². The molecule has 0 saturated heterocycles. The SMILES string of the molecule is COC(=O)C1CCC(NC(=O)C(F)(F)C(F)(F)F)CC1. The Morgan fingerprint density at radius 3 is 1.95 bits per heavy atom. The molecule has 0 spiro atoms. The highest BCUT2D eigenvalue weighted by atomic mass is 19.4. The number of halogens is 5. The molecule has 0 bridgehead atoms. The van der Waals surface area contributed by atoms with Crippen molar-refractivity contribution >= 4 is 11.9 Å². The van der Waals surface area contributed by atoms with Crippen LogP contribution >= 0.6 is 0 Å². The molecule has 1 aliphatic carbocycles. The van der Waals surface area contributed by atoms with Gasteiger partial charge in [0.05, 0.1) is 13.0 Å². The van der Waals surface area contributed by atoms with Crippen LogP contribution in [0.15, 0.2) is 0 Å². The molecule has 0 aliphatic heterocycles. The summed E-state index contributed by atoms with van der Waals surface area (Å²) in [6.45, 7) is 0. The van der Waals surface area contributed by atoms with Crippen LogP contribution in [0.25, 0.3) is 0 Å². The molecule has 1 rings (SSSR count). The standard InChI is InChI=1S/C11H14F5NO3/c1-20-8(18)6-2-4-7(5-3-6)17-9(19)10(12,13)11(14,15)16/h6-7H,2-5H2,1H3,(H,17,19). The van der Waals surface area contributed by atoms with Crippen molar-refractivity contribution in [2.24, 2.45) is 5.92 Å². The quantitative estimate of drug-likeness (QED) is 0.641. The molecule has 20 heavy (non-hydrogen) atoms. The molecule has 0 aromatic heterocycles. The molecule has 1 amide bonds. The van der Waals surface area contributed by atoms with Crippen molar-refractivity contribution in [1.29, 1.82) is 0 Å². The molecule has 4 nitrogen and oxygen atoms in total. The molecule has 1 N–H and O–H groups in total. The van der Waals surface area contributed by atoms with Gasteiger partial charge in [-0.3, -0.25) is 9.59 Å². The van der Waals surface area contributed by atoms with Gasteiger partial charge in [0.15, 0.2) is 0 Å². The molecular formula is C11H14F5NO3. The van der Waals surface area contributed by atoms with Crippen molar-refractivity contribution in [3.63, 3.8) is 0 Å². The minimum atomic E-state index is -5.92. The summed E-state index contributed by atoms with van der Waals surface area (Å²) in [7, 11) is 1.21. The molecule has 116 valence electrons. The highest BCUT2D eigenvalue weighted by Crippen LogP contribution is 2.36. The third kappa shape index (κ3) is 3.57. The van der Waals surface area contributed by atoms with Gasteiger partial charge in [0.2, 0.25) is 0 Å². The molecule has 1 saturated carbocycles. The topological polar surface area (TPSA) is 55.4 Å². The third-order valence-electron chi connectivity index (χ3n) is 3.24. The van der Waals surface area contributed by atoms with Gasteiger partial charge in [-0.2, -0.15) is 22.0 Å². The second-order valence-corrected chi connectivity index (χ2v) is 4.62. The highest BCUT2D eigenvalue weighted by Gasteiger charge is 2.63. The van der Waals surface area contributed by atoms with Crippen LogP contribution in [0.4, 0.5) is 22.0 Å². The van der Waals surface area contributed by atoms with Crippen molar-refractivity contribution in [2.75, 3.05) is 7.11 Å². The van der Waals surface area contributed by atoms with E-state index in [4.69, 9.17) is 0 Å². The number of amides is 1. The molecule has 0 aromatic rings. The van der Waals surface area contributed by atoms with Gasteiger partial charge in [-0.15, -0.1) is 0 Å². The average Bonchev–Trinajstić information content (AvgIpc) is 2.37. The van der Waals surface area contributed by atoms with E-state index in [2.05, 4.69) is 4.74 Å². The van der Waals surface area contributed by atoms with Gasteiger partial charge in [0.1, 0.15) is 0 Å². The van der Waals surface area contributed by atoms with Gasteiger partial charge < -0.3 is 10.1 Å². The number of nitrogens with one attached hydrogen (secondary N) is 1. The summed E-state index contributed by atoms with van der Waals surface area (Å²) in [5.74, 6) is -8.62. The largest absolute Gasteiger partial charge is 0.469 e. The zero-order valence-corrected chi connectivity index (χ0v) is 10.6. The van der Waals surface area contributed by atoms with E-state index in [1.54, 1.807) is 5.32 Å². The summed E-state index contributed by atoms with van der Waals surface area (Å²) in [5, 5.41) is 1.68. The minimum absolute atomic E-state index is 0.152. The van der Waals surface area contributed by atoms with Gasteiger partial charge in [-0.25, -0.2) is 0 Å². The first-order chi connectivity index (χ1) is 9.09. The third-order valence-corrected chi connectivity index (χ3v) is 3.24. The Labute approximate surface area is 111 Å². The summed E-state index contributed by atoms with van der Waals surface area (Å²) in [6.07, 6.45) is -5.07. The van der Waals surface area contributed by atoms with Crippen LogP contribution in [-0.2, 0) is 14.3 Å². The van der Waals surface area contributed by atoms with Crippen LogP contribution in [0.1, 0.15) is 25.7 Å². The average molecular weight is 303 g/mol. The van der Waals surface area contributed by atoms with E-state index >= 15 is 0 Å². The molecular weight excluding hydrogens is 289 g/mol. The molecule has 1 aliphatic rings. The lowest BCUT2D eigenvalue weighted by Crippen LogP contribution is -2.53. The molecule has 0 heterocycles. The van der Waals surface area contributed by atoms with Gasteiger partial charge in [0, 0.05) is 6.04 Å². The number of carbonyl (C=O) groups excluding carboxylic acids is 2. The first-order valence-electron chi connectivity index (χ1n) is 5.93. The van der Waals surface area contributed by atoms with Gasteiger partial charge in [-0.1, -0.05) is 0 Å². The Morgan fingerprint density at radius 1 is 1.05 bits per heavy atom. The molecule has 9 heteroatoms.